The number of alkyl halides is 1. The Hall–Kier alpha value is -2.36. The number of ether oxygens (including phenoxy) is 1. The Balaban J connectivity index is 1.86. The highest BCUT2D eigenvalue weighted by molar-refractivity contribution is 5.84. The second kappa shape index (κ2) is 7.28. The fourth-order valence-electron chi connectivity index (χ4n) is 1.79. The summed E-state index contributed by atoms with van der Waals surface area (Å²) in [6.07, 6.45) is -0.180. The van der Waals surface area contributed by atoms with E-state index in [9.17, 15) is 9.18 Å². The predicted octanol–water partition coefficient (Wildman–Crippen LogP) is 3.95. The molecule has 3 nitrogen and oxygen atoms in total. The first-order chi connectivity index (χ1) is 9.78. The van der Waals surface area contributed by atoms with Gasteiger partial charge in [-0.25, -0.2) is 4.79 Å². The number of nitrogens with one attached hydrogen (secondary N) is 1. The third-order valence-corrected chi connectivity index (χ3v) is 2.77. The zero-order chi connectivity index (χ0) is 14.2. The van der Waals surface area contributed by atoms with Gasteiger partial charge in [0.15, 0.2) is 0 Å². The molecule has 0 saturated heterocycles. The number of anilines is 1. The minimum absolute atomic E-state index is 0.219. The van der Waals surface area contributed by atoms with Crippen LogP contribution in [0.2, 0.25) is 0 Å². The fraction of sp³-hybridized carbons (Fsp3) is 0.188. The van der Waals surface area contributed by atoms with Crippen LogP contribution in [0.3, 0.4) is 0 Å². The van der Waals surface area contributed by atoms with Crippen LogP contribution in [0.25, 0.3) is 0 Å². The van der Waals surface area contributed by atoms with Gasteiger partial charge in [0.2, 0.25) is 0 Å². The number of hydrogen-bond acceptors (Lipinski definition) is 2. The molecule has 0 saturated carbocycles. The highest BCUT2D eigenvalue weighted by Gasteiger charge is 2.04. The first-order valence-corrected chi connectivity index (χ1v) is 6.40. The highest BCUT2D eigenvalue weighted by Crippen LogP contribution is 2.12. The minimum atomic E-state index is -0.522. The quantitative estimate of drug-likeness (QED) is 0.895. The molecule has 0 bridgehead atoms. The lowest BCUT2D eigenvalue weighted by molar-refractivity contribution is 0.155. The molecular formula is C16H16FNO2. The summed E-state index contributed by atoms with van der Waals surface area (Å²) < 4.78 is 17.4. The normalized spacial score (nSPS) is 10.1. The van der Waals surface area contributed by atoms with Crippen molar-refractivity contribution in [3.8, 4) is 0 Å². The molecule has 0 aliphatic rings. The molecule has 0 aliphatic heterocycles. The van der Waals surface area contributed by atoms with Crippen LogP contribution in [-0.2, 0) is 17.8 Å². The van der Waals surface area contributed by atoms with E-state index in [4.69, 9.17) is 4.74 Å². The lowest BCUT2D eigenvalue weighted by Gasteiger charge is -2.08. The van der Waals surface area contributed by atoms with E-state index < -0.39 is 12.8 Å². The van der Waals surface area contributed by atoms with E-state index in [-0.39, 0.29) is 6.61 Å². The van der Waals surface area contributed by atoms with Crippen molar-refractivity contribution < 1.29 is 13.9 Å². The number of rotatable bonds is 5. The maximum absolute atomic E-state index is 12.3. The molecule has 0 spiro atoms. The zero-order valence-electron chi connectivity index (χ0n) is 11.0. The average molecular weight is 273 g/mol. The van der Waals surface area contributed by atoms with E-state index in [0.29, 0.717) is 12.1 Å². The molecule has 0 atom stereocenters. The van der Waals surface area contributed by atoms with Crippen molar-refractivity contribution in [3.63, 3.8) is 0 Å². The second-order valence-corrected chi connectivity index (χ2v) is 4.33. The number of aryl methyl sites for hydroxylation is 1. The lowest BCUT2D eigenvalue weighted by Crippen LogP contribution is -2.13. The Morgan fingerprint density at radius 2 is 1.80 bits per heavy atom. The molecular weight excluding hydrogens is 257 g/mol. The van der Waals surface area contributed by atoms with Gasteiger partial charge < -0.3 is 4.74 Å². The molecule has 0 aliphatic carbocycles. The highest BCUT2D eigenvalue weighted by atomic mass is 19.1. The first-order valence-electron chi connectivity index (χ1n) is 6.40. The van der Waals surface area contributed by atoms with Crippen molar-refractivity contribution in [1.29, 1.82) is 0 Å². The van der Waals surface area contributed by atoms with Gasteiger partial charge in [0, 0.05) is 12.1 Å². The van der Waals surface area contributed by atoms with Gasteiger partial charge in [-0.3, -0.25) is 9.71 Å². The molecule has 104 valence electrons. The molecule has 1 amide bonds. The Morgan fingerprint density at radius 3 is 2.55 bits per heavy atom. The van der Waals surface area contributed by atoms with Crippen molar-refractivity contribution in [2.75, 3.05) is 12.0 Å². The standard InChI is InChI=1S/C16H16FNO2/c17-10-9-13-7-4-8-15(11-13)18-16(19)20-12-14-5-2-1-3-6-14/h1-8,11H,9-10,12H2,(H,18,19). The summed E-state index contributed by atoms with van der Waals surface area (Å²) in [7, 11) is 0. The fourth-order valence-corrected chi connectivity index (χ4v) is 1.79. The first kappa shape index (κ1) is 14.1. The maximum atomic E-state index is 12.3. The Morgan fingerprint density at radius 1 is 1.05 bits per heavy atom. The molecule has 0 unspecified atom stereocenters. The molecule has 0 radical (unpaired) electrons. The molecule has 2 rings (SSSR count). The van der Waals surface area contributed by atoms with Crippen LogP contribution in [0.1, 0.15) is 11.1 Å². The molecule has 0 fully saturated rings. The van der Waals surface area contributed by atoms with E-state index in [1.807, 2.05) is 36.4 Å². The second-order valence-electron chi connectivity index (χ2n) is 4.33. The van der Waals surface area contributed by atoms with Gasteiger partial charge in [0.25, 0.3) is 0 Å². The zero-order valence-corrected chi connectivity index (χ0v) is 11.0. The number of benzene rings is 2. The van der Waals surface area contributed by atoms with Gasteiger partial charge in [-0.2, -0.15) is 0 Å². The third kappa shape index (κ3) is 4.39. The van der Waals surface area contributed by atoms with Gasteiger partial charge >= 0.3 is 6.09 Å². The Bertz CT molecular complexity index is 557. The smallest absolute Gasteiger partial charge is 0.411 e. The maximum Gasteiger partial charge on any atom is 0.411 e. The van der Waals surface area contributed by atoms with E-state index in [1.165, 1.54) is 0 Å². The van der Waals surface area contributed by atoms with Crippen LogP contribution in [0.5, 0.6) is 0 Å². The summed E-state index contributed by atoms with van der Waals surface area (Å²) >= 11 is 0. The molecule has 2 aromatic carbocycles. The topological polar surface area (TPSA) is 38.3 Å². The van der Waals surface area contributed by atoms with Crippen molar-refractivity contribution in [3.05, 3.63) is 65.7 Å². The monoisotopic (exact) mass is 273 g/mol. The van der Waals surface area contributed by atoms with Crippen molar-refractivity contribution in [2.45, 2.75) is 13.0 Å². The minimum Gasteiger partial charge on any atom is -0.444 e. The van der Waals surface area contributed by atoms with Crippen LogP contribution in [0, 0.1) is 0 Å². The Labute approximate surface area is 117 Å². The SMILES string of the molecule is O=C(Nc1cccc(CCF)c1)OCc1ccccc1. The van der Waals surface area contributed by atoms with Gasteiger partial charge in [-0.15, -0.1) is 0 Å². The van der Waals surface area contributed by atoms with Crippen LogP contribution >= 0.6 is 0 Å². The molecule has 0 aromatic heterocycles. The average Bonchev–Trinajstić information content (AvgIpc) is 2.47. The lowest BCUT2D eigenvalue weighted by atomic mass is 10.1. The van der Waals surface area contributed by atoms with Crippen molar-refractivity contribution in [1.82, 2.24) is 0 Å². The van der Waals surface area contributed by atoms with E-state index in [1.54, 1.807) is 18.2 Å². The molecule has 0 heterocycles. The van der Waals surface area contributed by atoms with Gasteiger partial charge in [0.1, 0.15) is 6.61 Å². The summed E-state index contributed by atoms with van der Waals surface area (Å²) in [5, 5.41) is 2.63. The van der Waals surface area contributed by atoms with Gasteiger partial charge in [0.05, 0.1) is 6.67 Å². The summed E-state index contributed by atoms with van der Waals surface area (Å²) in [6, 6.07) is 16.5. The molecule has 1 N–H and O–H groups in total. The predicted molar refractivity (Wildman–Crippen MR) is 76.4 cm³/mol. The van der Waals surface area contributed by atoms with Gasteiger partial charge in [-0.05, 0) is 23.3 Å². The summed E-state index contributed by atoms with van der Waals surface area (Å²) in [4.78, 5) is 11.6. The van der Waals surface area contributed by atoms with Crippen LogP contribution in [0.15, 0.2) is 54.6 Å². The van der Waals surface area contributed by atoms with E-state index in [0.717, 1.165) is 11.1 Å². The number of amides is 1. The number of halogens is 1. The largest absolute Gasteiger partial charge is 0.444 e. The molecule has 20 heavy (non-hydrogen) atoms. The van der Waals surface area contributed by atoms with Gasteiger partial charge in [-0.1, -0.05) is 42.5 Å². The molecule has 2 aromatic rings. The van der Waals surface area contributed by atoms with Crippen molar-refractivity contribution >= 4 is 11.8 Å². The number of hydrogen-bond donors (Lipinski definition) is 1. The summed E-state index contributed by atoms with van der Waals surface area (Å²) in [6.45, 7) is -0.196. The van der Waals surface area contributed by atoms with Crippen LogP contribution < -0.4 is 5.32 Å². The summed E-state index contributed by atoms with van der Waals surface area (Å²) in [5.74, 6) is 0. The number of carbonyl (C=O) groups is 1. The Kier molecular flexibility index (Phi) is 5.12. The van der Waals surface area contributed by atoms with Crippen molar-refractivity contribution in [2.24, 2.45) is 0 Å². The third-order valence-electron chi connectivity index (χ3n) is 2.77. The van der Waals surface area contributed by atoms with Crippen LogP contribution in [0.4, 0.5) is 14.9 Å². The van der Waals surface area contributed by atoms with E-state index in [2.05, 4.69) is 5.32 Å². The van der Waals surface area contributed by atoms with E-state index >= 15 is 0 Å². The number of carbonyl (C=O) groups excluding carboxylic acids is 1. The van der Waals surface area contributed by atoms with Crippen LogP contribution in [-0.4, -0.2) is 12.8 Å². The summed E-state index contributed by atoms with van der Waals surface area (Å²) in [5.41, 5.74) is 2.37. The molecule has 4 heteroatoms.